The average molecular weight is 286 g/mol. The van der Waals surface area contributed by atoms with Crippen LogP contribution in [0.15, 0.2) is 30.3 Å². The fourth-order valence-electron chi connectivity index (χ4n) is 1.51. The molecule has 0 saturated carbocycles. The molecule has 0 aliphatic carbocycles. The molecule has 96 valence electrons. The zero-order valence-corrected chi connectivity index (χ0v) is 11.4. The minimum absolute atomic E-state index is 0.0783. The largest absolute Gasteiger partial charge is 0.485 e. The minimum Gasteiger partial charge on any atom is -0.485 e. The zero-order chi connectivity index (χ0) is 13.0. The number of nitrogens with one attached hydrogen (secondary N) is 1. The smallest absolute Gasteiger partial charge is 0.183 e. The third-order valence-corrected chi connectivity index (χ3v) is 3.71. The molecule has 0 fully saturated rings. The standard InChI is InChI=1S/C13H13ClFNOS/c1-16-7-9-5-6-10(18-9)8-17-12-4-2-3-11(14)13(12)15/h2-6,16H,7-8H2,1H3. The number of hydrogen-bond acceptors (Lipinski definition) is 3. The fraction of sp³-hybridized carbons (Fsp3) is 0.231. The average Bonchev–Trinajstić information content (AvgIpc) is 2.79. The van der Waals surface area contributed by atoms with E-state index in [1.165, 1.54) is 10.9 Å². The van der Waals surface area contributed by atoms with Gasteiger partial charge in [0.05, 0.1) is 5.02 Å². The van der Waals surface area contributed by atoms with Crippen LogP contribution in [0.25, 0.3) is 0 Å². The monoisotopic (exact) mass is 285 g/mol. The molecule has 18 heavy (non-hydrogen) atoms. The van der Waals surface area contributed by atoms with E-state index in [4.69, 9.17) is 16.3 Å². The summed E-state index contributed by atoms with van der Waals surface area (Å²) >= 11 is 7.32. The molecular weight excluding hydrogens is 273 g/mol. The van der Waals surface area contributed by atoms with Crippen LogP contribution in [0.1, 0.15) is 9.75 Å². The first-order chi connectivity index (χ1) is 8.70. The number of rotatable bonds is 5. The molecule has 0 amide bonds. The van der Waals surface area contributed by atoms with Crippen molar-refractivity contribution in [3.8, 4) is 5.75 Å². The molecule has 1 aromatic heterocycles. The Morgan fingerprint density at radius 2 is 2.06 bits per heavy atom. The summed E-state index contributed by atoms with van der Waals surface area (Å²) in [5.74, 6) is -0.322. The lowest BCUT2D eigenvalue weighted by atomic mass is 10.3. The predicted molar refractivity (Wildman–Crippen MR) is 72.8 cm³/mol. The fourth-order valence-corrected chi connectivity index (χ4v) is 2.62. The molecule has 5 heteroatoms. The van der Waals surface area contributed by atoms with Crippen molar-refractivity contribution >= 4 is 22.9 Å². The Balaban J connectivity index is 2.00. The molecule has 2 aromatic rings. The number of ether oxygens (including phenoxy) is 1. The van der Waals surface area contributed by atoms with E-state index in [1.54, 1.807) is 23.5 Å². The first kappa shape index (κ1) is 13.3. The van der Waals surface area contributed by atoms with Gasteiger partial charge in [0.25, 0.3) is 0 Å². The SMILES string of the molecule is CNCc1ccc(COc2cccc(Cl)c2F)s1. The highest BCUT2D eigenvalue weighted by Crippen LogP contribution is 2.26. The van der Waals surface area contributed by atoms with E-state index in [9.17, 15) is 4.39 Å². The molecule has 1 N–H and O–H groups in total. The molecule has 0 bridgehead atoms. The Bertz CT molecular complexity index is 529. The quantitative estimate of drug-likeness (QED) is 0.901. The van der Waals surface area contributed by atoms with Gasteiger partial charge in [0.1, 0.15) is 6.61 Å². The van der Waals surface area contributed by atoms with E-state index in [0.29, 0.717) is 6.61 Å². The summed E-state index contributed by atoms with van der Waals surface area (Å²) in [6.45, 7) is 1.18. The lowest BCUT2D eigenvalue weighted by molar-refractivity contribution is 0.293. The maximum absolute atomic E-state index is 13.6. The van der Waals surface area contributed by atoms with Gasteiger partial charge in [-0.3, -0.25) is 0 Å². The molecule has 0 atom stereocenters. The molecule has 0 aliphatic rings. The van der Waals surface area contributed by atoms with E-state index in [2.05, 4.69) is 5.32 Å². The molecule has 1 aromatic carbocycles. The topological polar surface area (TPSA) is 21.3 Å². The highest BCUT2D eigenvalue weighted by atomic mass is 35.5. The zero-order valence-electron chi connectivity index (χ0n) is 9.87. The molecule has 2 nitrogen and oxygen atoms in total. The second-order valence-corrected chi connectivity index (χ2v) is 5.40. The van der Waals surface area contributed by atoms with Gasteiger partial charge < -0.3 is 10.1 Å². The maximum atomic E-state index is 13.6. The Hall–Kier alpha value is -1.10. The van der Waals surface area contributed by atoms with Crippen LogP contribution in [0.3, 0.4) is 0 Å². The second-order valence-electron chi connectivity index (χ2n) is 3.74. The summed E-state index contributed by atoms with van der Waals surface area (Å²) < 4.78 is 19.0. The van der Waals surface area contributed by atoms with Crippen LogP contribution in [0.2, 0.25) is 5.02 Å². The molecule has 1 heterocycles. The summed E-state index contributed by atoms with van der Waals surface area (Å²) in [4.78, 5) is 2.28. The first-order valence-electron chi connectivity index (χ1n) is 5.49. The van der Waals surface area contributed by atoms with Gasteiger partial charge in [-0.15, -0.1) is 11.3 Å². The van der Waals surface area contributed by atoms with Crippen LogP contribution >= 0.6 is 22.9 Å². The number of thiophene rings is 1. The molecule has 0 radical (unpaired) electrons. The van der Waals surface area contributed by atoms with Gasteiger partial charge in [0.15, 0.2) is 11.6 Å². The Labute approximate surface area is 114 Å². The number of halogens is 2. The summed E-state index contributed by atoms with van der Waals surface area (Å²) in [6.07, 6.45) is 0. The Morgan fingerprint density at radius 1 is 1.28 bits per heavy atom. The van der Waals surface area contributed by atoms with Crippen molar-refractivity contribution in [1.82, 2.24) is 5.32 Å². The summed E-state index contributed by atoms with van der Waals surface area (Å²) in [5, 5.41) is 3.16. The van der Waals surface area contributed by atoms with Gasteiger partial charge in [-0.2, -0.15) is 0 Å². The lowest BCUT2D eigenvalue weighted by Crippen LogP contribution is -2.02. The summed E-state index contributed by atoms with van der Waals surface area (Å²) in [6, 6.07) is 8.76. The van der Waals surface area contributed by atoms with Crippen molar-refractivity contribution in [2.75, 3.05) is 7.05 Å². The summed E-state index contributed by atoms with van der Waals surface area (Å²) in [5.41, 5.74) is 0. The van der Waals surface area contributed by atoms with E-state index >= 15 is 0 Å². The number of hydrogen-bond donors (Lipinski definition) is 1. The van der Waals surface area contributed by atoms with Crippen LogP contribution in [0, 0.1) is 5.82 Å². The van der Waals surface area contributed by atoms with Crippen molar-refractivity contribution < 1.29 is 9.13 Å². The first-order valence-corrected chi connectivity index (χ1v) is 6.69. The van der Waals surface area contributed by atoms with Gasteiger partial charge >= 0.3 is 0 Å². The van der Waals surface area contributed by atoms with Crippen molar-refractivity contribution in [2.45, 2.75) is 13.2 Å². The minimum atomic E-state index is -0.508. The molecule has 0 saturated heterocycles. The van der Waals surface area contributed by atoms with E-state index in [-0.39, 0.29) is 10.8 Å². The van der Waals surface area contributed by atoms with Crippen molar-refractivity contribution in [3.63, 3.8) is 0 Å². The molecule has 0 unspecified atom stereocenters. The van der Waals surface area contributed by atoms with E-state index in [0.717, 1.165) is 11.4 Å². The van der Waals surface area contributed by atoms with E-state index < -0.39 is 5.82 Å². The van der Waals surface area contributed by atoms with Gasteiger partial charge in [-0.05, 0) is 31.3 Å². The molecule has 0 spiro atoms. The Kier molecular flexibility index (Phi) is 4.58. The van der Waals surface area contributed by atoms with Crippen molar-refractivity contribution in [3.05, 3.63) is 50.9 Å². The molecular formula is C13H13ClFNOS. The third-order valence-electron chi connectivity index (χ3n) is 2.35. The highest BCUT2D eigenvalue weighted by Gasteiger charge is 2.08. The maximum Gasteiger partial charge on any atom is 0.183 e. The van der Waals surface area contributed by atoms with Gasteiger partial charge in [0, 0.05) is 16.3 Å². The van der Waals surface area contributed by atoms with Crippen molar-refractivity contribution in [1.29, 1.82) is 0 Å². The van der Waals surface area contributed by atoms with Crippen LogP contribution < -0.4 is 10.1 Å². The van der Waals surface area contributed by atoms with Crippen LogP contribution in [0.5, 0.6) is 5.75 Å². The second kappa shape index (κ2) is 6.18. The van der Waals surface area contributed by atoms with Gasteiger partial charge in [0.2, 0.25) is 0 Å². The van der Waals surface area contributed by atoms with Gasteiger partial charge in [-0.1, -0.05) is 17.7 Å². The van der Waals surface area contributed by atoms with Crippen LogP contribution in [-0.4, -0.2) is 7.05 Å². The highest BCUT2D eigenvalue weighted by molar-refractivity contribution is 7.11. The normalized spacial score (nSPS) is 10.6. The van der Waals surface area contributed by atoms with Crippen LogP contribution in [-0.2, 0) is 13.2 Å². The Morgan fingerprint density at radius 3 is 2.83 bits per heavy atom. The summed E-state index contributed by atoms with van der Waals surface area (Å²) in [7, 11) is 1.90. The lowest BCUT2D eigenvalue weighted by Gasteiger charge is -2.06. The predicted octanol–water partition coefficient (Wildman–Crippen LogP) is 3.84. The van der Waals surface area contributed by atoms with Crippen molar-refractivity contribution in [2.24, 2.45) is 0 Å². The molecule has 0 aliphatic heterocycles. The van der Waals surface area contributed by atoms with E-state index in [1.807, 2.05) is 19.2 Å². The number of benzene rings is 1. The van der Waals surface area contributed by atoms with Gasteiger partial charge in [-0.25, -0.2) is 4.39 Å². The van der Waals surface area contributed by atoms with Crippen LogP contribution in [0.4, 0.5) is 4.39 Å². The third kappa shape index (κ3) is 3.22. The molecule has 2 rings (SSSR count).